The van der Waals surface area contributed by atoms with E-state index in [1.807, 2.05) is 0 Å². The summed E-state index contributed by atoms with van der Waals surface area (Å²) in [5, 5.41) is 3.42. The van der Waals surface area contributed by atoms with E-state index in [2.05, 4.69) is 22.0 Å². The summed E-state index contributed by atoms with van der Waals surface area (Å²) < 4.78 is 0. The number of hydrogen-bond donors (Lipinski definition) is 1. The first-order valence-corrected chi connectivity index (χ1v) is 6.98. The van der Waals surface area contributed by atoms with Crippen LogP contribution in [0.25, 0.3) is 0 Å². The topological polar surface area (TPSA) is 35.6 Å². The molecule has 3 aliphatic heterocycles. The van der Waals surface area contributed by atoms with Crippen molar-refractivity contribution in [2.24, 2.45) is 17.8 Å². The quantitative estimate of drug-likeness (QED) is 0.724. The van der Waals surface area contributed by atoms with Crippen LogP contribution in [0.4, 0.5) is 4.79 Å². The van der Waals surface area contributed by atoms with Crippen LogP contribution in [-0.2, 0) is 0 Å². The third-order valence-electron chi connectivity index (χ3n) is 4.71. The Kier molecular flexibility index (Phi) is 4.38. The second-order valence-electron chi connectivity index (χ2n) is 6.04. The summed E-state index contributed by atoms with van der Waals surface area (Å²) in [6, 6.07) is 0.298. The highest BCUT2D eigenvalue weighted by molar-refractivity contribution is 5.85. The fourth-order valence-corrected chi connectivity index (χ4v) is 3.41. The molecule has 0 aromatic rings. The van der Waals surface area contributed by atoms with Crippen molar-refractivity contribution >= 4 is 18.4 Å². The average Bonchev–Trinajstić information content (AvgIpc) is 2.89. The highest BCUT2D eigenvalue weighted by Gasteiger charge is 2.39. The number of nitrogens with one attached hydrogen (secondary N) is 1. The highest BCUT2D eigenvalue weighted by Crippen LogP contribution is 2.28. The monoisotopic (exact) mass is 273 g/mol. The number of carbonyl (C=O) groups excluding carboxylic acids is 1. The highest BCUT2D eigenvalue weighted by atomic mass is 35.5. The van der Waals surface area contributed by atoms with Crippen molar-refractivity contribution < 1.29 is 4.79 Å². The standard InChI is InChI=1S/C13H23N3O.ClH/c1-10-2-4-15(5-3-10)13(17)16-8-11-6-14-7-12(11)9-16;/h10-12,14H,2-9H2,1H3;1H/t11-,12+;. The number of likely N-dealkylation sites (tertiary alicyclic amines) is 2. The smallest absolute Gasteiger partial charge is 0.320 e. The van der Waals surface area contributed by atoms with Gasteiger partial charge in [0.2, 0.25) is 0 Å². The van der Waals surface area contributed by atoms with E-state index in [-0.39, 0.29) is 12.4 Å². The largest absolute Gasteiger partial charge is 0.325 e. The van der Waals surface area contributed by atoms with Crippen molar-refractivity contribution in [1.29, 1.82) is 0 Å². The van der Waals surface area contributed by atoms with Crippen LogP contribution >= 0.6 is 12.4 Å². The minimum Gasteiger partial charge on any atom is -0.325 e. The Balaban J connectivity index is 0.00000120. The number of urea groups is 1. The van der Waals surface area contributed by atoms with Gasteiger partial charge >= 0.3 is 6.03 Å². The number of carbonyl (C=O) groups is 1. The molecule has 3 rings (SSSR count). The van der Waals surface area contributed by atoms with Crippen LogP contribution in [0, 0.1) is 17.8 Å². The molecule has 3 fully saturated rings. The Morgan fingerprint density at radius 2 is 1.61 bits per heavy atom. The van der Waals surface area contributed by atoms with Crippen molar-refractivity contribution in [3.63, 3.8) is 0 Å². The van der Waals surface area contributed by atoms with Gasteiger partial charge in [-0.1, -0.05) is 6.92 Å². The molecule has 4 nitrogen and oxygen atoms in total. The van der Waals surface area contributed by atoms with Gasteiger partial charge < -0.3 is 15.1 Å². The van der Waals surface area contributed by atoms with Gasteiger partial charge in [0.25, 0.3) is 0 Å². The van der Waals surface area contributed by atoms with E-state index >= 15 is 0 Å². The zero-order valence-corrected chi connectivity index (χ0v) is 11.9. The number of fused-ring (bicyclic) bond motifs is 1. The molecule has 18 heavy (non-hydrogen) atoms. The van der Waals surface area contributed by atoms with Gasteiger partial charge in [-0.3, -0.25) is 0 Å². The van der Waals surface area contributed by atoms with Crippen LogP contribution in [0.15, 0.2) is 0 Å². The van der Waals surface area contributed by atoms with Gasteiger partial charge in [0.05, 0.1) is 0 Å². The van der Waals surface area contributed by atoms with Crippen molar-refractivity contribution in [2.45, 2.75) is 19.8 Å². The summed E-state index contributed by atoms with van der Waals surface area (Å²) >= 11 is 0. The van der Waals surface area contributed by atoms with Gasteiger partial charge in [0.15, 0.2) is 0 Å². The second-order valence-corrected chi connectivity index (χ2v) is 6.04. The molecule has 104 valence electrons. The summed E-state index contributed by atoms with van der Waals surface area (Å²) in [7, 11) is 0. The molecule has 0 radical (unpaired) electrons. The molecule has 5 heteroatoms. The molecular weight excluding hydrogens is 250 g/mol. The first kappa shape index (κ1) is 13.9. The molecule has 3 aliphatic rings. The molecule has 0 spiro atoms. The van der Waals surface area contributed by atoms with E-state index in [0.717, 1.165) is 45.2 Å². The third-order valence-corrected chi connectivity index (χ3v) is 4.71. The van der Waals surface area contributed by atoms with E-state index in [9.17, 15) is 4.79 Å². The molecule has 2 atom stereocenters. The predicted molar refractivity (Wildman–Crippen MR) is 74.0 cm³/mol. The van der Waals surface area contributed by atoms with Crippen LogP contribution in [0.5, 0.6) is 0 Å². The number of rotatable bonds is 0. The molecule has 0 aromatic heterocycles. The summed E-state index contributed by atoms with van der Waals surface area (Å²) in [6.45, 7) is 8.37. The number of piperidine rings is 1. The van der Waals surface area contributed by atoms with Crippen LogP contribution in [0.1, 0.15) is 19.8 Å². The lowest BCUT2D eigenvalue weighted by Crippen LogP contribution is -2.46. The average molecular weight is 274 g/mol. The first-order chi connectivity index (χ1) is 8.24. The lowest BCUT2D eigenvalue weighted by molar-refractivity contribution is 0.140. The Morgan fingerprint density at radius 1 is 1.06 bits per heavy atom. The van der Waals surface area contributed by atoms with Crippen LogP contribution in [-0.4, -0.2) is 55.1 Å². The minimum atomic E-state index is 0. The van der Waals surface area contributed by atoms with Crippen LogP contribution in [0.3, 0.4) is 0 Å². The van der Waals surface area contributed by atoms with Crippen molar-refractivity contribution in [1.82, 2.24) is 15.1 Å². The Labute approximate surface area is 115 Å². The Hall–Kier alpha value is -0.480. The Bertz CT molecular complexity index is 293. The molecule has 0 aliphatic carbocycles. The van der Waals surface area contributed by atoms with Gasteiger partial charge in [-0.15, -0.1) is 12.4 Å². The number of amides is 2. The SMILES string of the molecule is CC1CCN(C(=O)N2C[C@H]3CNC[C@H]3C2)CC1.Cl. The molecule has 3 saturated heterocycles. The maximum atomic E-state index is 12.4. The lowest BCUT2D eigenvalue weighted by atomic mass is 10.00. The summed E-state index contributed by atoms with van der Waals surface area (Å²) in [5.74, 6) is 2.21. The third kappa shape index (κ3) is 2.59. The fourth-order valence-electron chi connectivity index (χ4n) is 3.41. The molecular formula is C13H24ClN3O. The van der Waals surface area contributed by atoms with E-state index in [1.165, 1.54) is 12.8 Å². The Morgan fingerprint density at radius 3 is 2.17 bits per heavy atom. The molecule has 2 amide bonds. The summed E-state index contributed by atoms with van der Waals surface area (Å²) in [5.41, 5.74) is 0. The number of nitrogens with zero attached hydrogens (tertiary/aromatic N) is 2. The number of hydrogen-bond acceptors (Lipinski definition) is 2. The van der Waals surface area contributed by atoms with Crippen molar-refractivity contribution in [3.05, 3.63) is 0 Å². The zero-order chi connectivity index (χ0) is 11.8. The van der Waals surface area contributed by atoms with Crippen LogP contribution < -0.4 is 5.32 Å². The van der Waals surface area contributed by atoms with Crippen LogP contribution in [0.2, 0.25) is 0 Å². The zero-order valence-electron chi connectivity index (χ0n) is 11.1. The van der Waals surface area contributed by atoms with E-state index in [4.69, 9.17) is 0 Å². The van der Waals surface area contributed by atoms with E-state index in [0.29, 0.717) is 17.9 Å². The van der Waals surface area contributed by atoms with Gasteiger partial charge in [-0.05, 0) is 30.6 Å². The minimum absolute atomic E-state index is 0. The fraction of sp³-hybridized carbons (Fsp3) is 0.923. The lowest BCUT2D eigenvalue weighted by Gasteiger charge is -2.33. The van der Waals surface area contributed by atoms with Crippen molar-refractivity contribution in [3.8, 4) is 0 Å². The van der Waals surface area contributed by atoms with Gasteiger partial charge in [0.1, 0.15) is 0 Å². The van der Waals surface area contributed by atoms with E-state index < -0.39 is 0 Å². The predicted octanol–water partition coefficient (Wildman–Crippen LogP) is 1.41. The number of halogens is 1. The first-order valence-electron chi connectivity index (χ1n) is 6.98. The van der Waals surface area contributed by atoms with Crippen molar-refractivity contribution in [2.75, 3.05) is 39.3 Å². The molecule has 0 unspecified atom stereocenters. The molecule has 1 N–H and O–H groups in total. The molecule has 3 heterocycles. The normalized spacial score (nSPS) is 32.3. The summed E-state index contributed by atoms with van der Waals surface area (Å²) in [6.07, 6.45) is 2.35. The second kappa shape index (κ2) is 5.66. The summed E-state index contributed by atoms with van der Waals surface area (Å²) in [4.78, 5) is 16.5. The molecule has 0 bridgehead atoms. The van der Waals surface area contributed by atoms with E-state index in [1.54, 1.807) is 0 Å². The maximum absolute atomic E-state index is 12.4. The van der Waals surface area contributed by atoms with Gasteiger partial charge in [0, 0.05) is 39.3 Å². The van der Waals surface area contributed by atoms with Gasteiger partial charge in [-0.2, -0.15) is 0 Å². The molecule has 0 saturated carbocycles. The maximum Gasteiger partial charge on any atom is 0.320 e. The molecule has 0 aromatic carbocycles. The van der Waals surface area contributed by atoms with Gasteiger partial charge in [-0.25, -0.2) is 4.79 Å².